The number of hydrogen-bond acceptors (Lipinski definition) is 4. The summed E-state index contributed by atoms with van der Waals surface area (Å²) in [4.78, 5) is 5.67. The molecule has 0 bridgehead atoms. The van der Waals surface area contributed by atoms with E-state index < -0.39 is 12.7 Å². The maximum atomic E-state index is 12.6. The Morgan fingerprint density at radius 2 is 2.07 bits per heavy atom. The number of nitrogens with zero attached hydrogens (tertiary/aromatic N) is 2. The van der Waals surface area contributed by atoms with E-state index in [4.69, 9.17) is 9.47 Å². The summed E-state index contributed by atoms with van der Waals surface area (Å²) in [6.45, 7) is 0.923. The zero-order chi connectivity index (χ0) is 19.8. The number of guanidine groups is 1. The van der Waals surface area contributed by atoms with Crippen molar-refractivity contribution < 1.29 is 22.6 Å². The lowest BCUT2D eigenvalue weighted by Gasteiger charge is -2.22. The highest BCUT2D eigenvalue weighted by Gasteiger charge is 2.45. The van der Waals surface area contributed by atoms with Gasteiger partial charge in [-0.15, -0.1) is 0 Å². The van der Waals surface area contributed by atoms with Crippen LogP contribution in [-0.2, 0) is 5.41 Å². The zero-order valence-corrected chi connectivity index (χ0v) is 15.8. The summed E-state index contributed by atoms with van der Waals surface area (Å²) in [5.74, 6) is 2.18. The van der Waals surface area contributed by atoms with E-state index in [2.05, 4.69) is 21.7 Å². The summed E-state index contributed by atoms with van der Waals surface area (Å²) in [5.41, 5.74) is 1.24. The summed E-state index contributed by atoms with van der Waals surface area (Å²) < 4.78 is 48.5. The minimum atomic E-state index is -4.15. The Labute approximate surface area is 162 Å². The molecule has 2 fully saturated rings. The molecule has 154 valence electrons. The summed E-state index contributed by atoms with van der Waals surface area (Å²) >= 11 is 0. The number of rotatable bonds is 5. The van der Waals surface area contributed by atoms with Gasteiger partial charge in [0.25, 0.3) is 0 Å². The number of alkyl halides is 3. The van der Waals surface area contributed by atoms with E-state index in [-0.39, 0.29) is 18.2 Å². The Balaban J connectivity index is 1.30. The predicted molar refractivity (Wildman–Crippen MR) is 98.9 cm³/mol. The van der Waals surface area contributed by atoms with Crippen molar-refractivity contribution in [2.45, 2.75) is 36.9 Å². The maximum absolute atomic E-state index is 12.6. The Kier molecular flexibility index (Phi) is 5.03. The van der Waals surface area contributed by atoms with Crippen LogP contribution < -0.4 is 20.1 Å². The fourth-order valence-electron chi connectivity index (χ4n) is 3.93. The molecular formula is C19H25F3N4O2. The monoisotopic (exact) mass is 398 g/mol. The normalized spacial score (nSPS) is 23.7. The molecular weight excluding hydrogens is 373 g/mol. The van der Waals surface area contributed by atoms with Gasteiger partial charge in [-0.25, -0.2) is 0 Å². The van der Waals surface area contributed by atoms with E-state index in [0.717, 1.165) is 24.3 Å². The summed E-state index contributed by atoms with van der Waals surface area (Å²) in [7, 11) is 1.68. The van der Waals surface area contributed by atoms with Gasteiger partial charge in [0.15, 0.2) is 17.5 Å². The average Bonchev–Trinajstić information content (AvgIpc) is 3.08. The number of halogens is 3. The van der Waals surface area contributed by atoms with Crippen LogP contribution in [0.25, 0.3) is 0 Å². The van der Waals surface area contributed by atoms with E-state index in [1.54, 1.807) is 7.05 Å². The van der Waals surface area contributed by atoms with Crippen LogP contribution in [0, 0.1) is 0 Å². The Morgan fingerprint density at radius 1 is 1.29 bits per heavy atom. The van der Waals surface area contributed by atoms with E-state index in [0.29, 0.717) is 32.0 Å². The molecule has 1 saturated heterocycles. The fourth-order valence-corrected chi connectivity index (χ4v) is 3.93. The smallest absolute Gasteiger partial charge is 0.401 e. The highest BCUT2D eigenvalue weighted by Crippen LogP contribution is 2.49. The molecule has 1 aliphatic carbocycles. The number of benzene rings is 1. The van der Waals surface area contributed by atoms with Gasteiger partial charge in [0, 0.05) is 38.1 Å². The van der Waals surface area contributed by atoms with Crippen molar-refractivity contribution in [1.82, 2.24) is 15.5 Å². The quantitative estimate of drug-likeness (QED) is 0.589. The van der Waals surface area contributed by atoms with Crippen molar-refractivity contribution in [2.75, 3.05) is 40.0 Å². The predicted octanol–water partition coefficient (Wildman–Crippen LogP) is 2.25. The largest absolute Gasteiger partial charge is 0.454 e. The van der Waals surface area contributed by atoms with Gasteiger partial charge < -0.3 is 20.1 Å². The topological polar surface area (TPSA) is 58.1 Å². The lowest BCUT2D eigenvalue weighted by Crippen LogP contribution is -2.47. The molecule has 2 aliphatic heterocycles. The van der Waals surface area contributed by atoms with E-state index in [9.17, 15) is 13.2 Å². The molecule has 0 aromatic heterocycles. The summed E-state index contributed by atoms with van der Waals surface area (Å²) in [6.07, 6.45) is -1.35. The first kappa shape index (κ1) is 19.2. The van der Waals surface area contributed by atoms with Crippen LogP contribution in [0.2, 0.25) is 0 Å². The van der Waals surface area contributed by atoms with Crippen molar-refractivity contribution >= 4 is 5.96 Å². The van der Waals surface area contributed by atoms with Crippen LogP contribution in [0.4, 0.5) is 13.2 Å². The number of ether oxygens (including phenoxy) is 2. The Hall–Kier alpha value is -2.16. The second-order valence-electron chi connectivity index (χ2n) is 7.75. The van der Waals surface area contributed by atoms with Gasteiger partial charge in [-0.2, -0.15) is 13.2 Å². The van der Waals surface area contributed by atoms with Gasteiger partial charge in [-0.1, -0.05) is 6.07 Å². The van der Waals surface area contributed by atoms with Gasteiger partial charge in [0.1, 0.15) is 0 Å². The van der Waals surface area contributed by atoms with Crippen molar-refractivity contribution in [3.63, 3.8) is 0 Å². The molecule has 1 saturated carbocycles. The lowest BCUT2D eigenvalue weighted by molar-refractivity contribution is -0.143. The molecule has 28 heavy (non-hydrogen) atoms. The first-order valence-corrected chi connectivity index (χ1v) is 9.53. The van der Waals surface area contributed by atoms with Gasteiger partial charge in [0.2, 0.25) is 6.79 Å². The molecule has 0 radical (unpaired) electrons. The third kappa shape index (κ3) is 4.29. The van der Waals surface area contributed by atoms with Crippen molar-refractivity contribution in [3.8, 4) is 11.5 Å². The second-order valence-corrected chi connectivity index (χ2v) is 7.75. The van der Waals surface area contributed by atoms with Crippen molar-refractivity contribution in [1.29, 1.82) is 0 Å². The van der Waals surface area contributed by atoms with Crippen LogP contribution in [0.1, 0.15) is 24.8 Å². The van der Waals surface area contributed by atoms with Crippen molar-refractivity contribution in [2.24, 2.45) is 4.99 Å². The van der Waals surface area contributed by atoms with Gasteiger partial charge in [-0.05, 0) is 37.0 Å². The van der Waals surface area contributed by atoms with Gasteiger partial charge in [0.05, 0.1) is 6.54 Å². The Morgan fingerprint density at radius 3 is 2.79 bits per heavy atom. The summed E-state index contributed by atoms with van der Waals surface area (Å²) in [6, 6.07) is 6.02. The number of nitrogens with one attached hydrogen (secondary N) is 2. The fraction of sp³-hybridized carbons (Fsp3) is 0.632. The summed E-state index contributed by atoms with van der Waals surface area (Å²) in [5, 5.41) is 6.61. The third-order valence-corrected chi connectivity index (χ3v) is 5.67. The lowest BCUT2D eigenvalue weighted by atomic mass is 9.95. The first-order chi connectivity index (χ1) is 13.4. The van der Waals surface area contributed by atoms with Crippen LogP contribution in [0.5, 0.6) is 11.5 Å². The molecule has 0 spiro atoms. The number of aliphatic imine (C=N–C) groups is 1. The SMILES string of the molecule is CN=C(NCC1(c2ccc3c(c2)OCO3)CC1)NC1CCN(CC(F)(F)F)C1. The molecule has 9 heteroatoms. The van der Waals surface area contributed by atoms with Crippen LogP contribution in [0.15, 0.2) is 23.2 Å². The zero-order valence-electron chi connectivity index (χ0n) is 15.8. The first-order valence-electron chi connectivity index (χ1n) is 9.53. The number of hydrogen-bond donors (Lipinski definition) is 2. The highest BCUT2D eigenvalue weighted by molar-refractivity contribution is 5.80. The molecule has 1 atom stereocenters. The number of fused-ring (bicyclic) bond motifs is 1. The van der Waals surface area contributed by atoms with Crippen LogP contribution in [-0.4, -0.2) is 63.1 Å². The molecule has 2 N–H and O–H groups in total. The molecule has 1 unspecified atom stereocenters. The molecule has 1 aromatic rings. The van der Waals surface area contributed by atoms with E-state index in [1.807, 2.05) is 12.1 Å². The molecule has 4 rings (SSSR count). The van der Waals surface area contributed by atoms with Gasteiger partial charge >= 0.3 is 6.18 Å². The maximum Gasteiger partial charge on any atom is 0.401 e. The molecule has 0 amide bonds. The van der Waals surface area contributed by atoms with Crippen LogP contribution in [0.3, 0.4) is 0 Å². The molecule has 2 heterocycles. The van der Waals surface area contributed by atoms with Crippen LogP contribution >= 0.6 is 0 Å². The molecule has 6 nitrogen and oxygen atoms in total. The second kappa shape index (κ2) is 7.35. The third-order valence-electron chi connectivity index (χ3n) is 5.67. The minimum absolute atomic E-state index is 0.0331. The minimum Gasteiger partial charge on any atom is -0.454 e. The molecule has 3 aliphatic rings. The van der Waals surface area contributed by atoms with Crippen molar-refractivity contribution in [3.05, 3.63) is 23.8 Å². The molecule has 1 aromatic carbocycles. The number of likely N-dealkylation sites (tertiary alicyclic amines) is 1. The highest BCUT2D eigenvalue weighted by atomic mass is 19.4. The van der Waals surface area contributed by atoms with Gasteiger partial charge in [-0.3, -0.25) is 9.89 Å². The average molecular weight is 398 g/mol. The standard InChI is InChI=1S/C19H25F3N4O2/c1-23-17(25-14-4-7-26(9-14)11-19(20,21)22)24-10-18(5-6-18)13-2-3-15-16(8-13)28-12-27-15/h2-3,8,14H,4-7,9-12H2,1H3,(H2,23,24,25). The van der Waals surface area contributed by atoms with E-state index in [1.165, 1.54) is 10.5 Å². The Bertz CT molecular complexity index is 749. The van der Waals surface area contributed by atoms with E-state index >= 15 is 0 Å².